The molecule has 0 saturated heterocycles. The van der Waals surface area contributed by atoms with E-state index in [-0.39, 0.29) is 11.9 Å². The van der Waals surface area contributed by atoms with Crippen LogP contribution in [0.1, 0.15) is 24.1 Å². The van der Waals surface area contributed by atoms with Crippen LogP contribution in [0.2, 0.25) is 0 Å². The van der Waals surface area contributed by atoms with Crippen LogP contribution < -0.4 is 5.32 Å². The molecule has 1 unspecified atom stereocenters. The molecule has 0 bridgehead atoms. The molecule has 0 aliphatic rings. The summed E-state index contributed by atoms with van der Waals surface area (Å²) in [5.74, 6) is -0.176. The fraction of sp³-hybridized carbons (Fsp3) is 0.250. The lowest BCUT2D eigenvalue weighted by atomic mass is 9.98. The van der Waals surface area contributed by atoms with Gasteiger partial charge in [0.25, 0.3) is 0 Å². The van der Waals surface area contributed by atoms with E-state index >= 15 is 0 Å². The van der Waals surface area contributed by atoms with Crippen LogP contribution in [0.25, 0.3) is 0 Å². The zero-order chi connectivity index (χ0) is 13.7. The quantitative estimate of drug-likeness (QED) is 0.856. The second-order valence-corrected chi connectivity index (χ2v) is 5.30. The van der Waals surface area contributed by atoms with Gasteiger partial charge in [-0.05, 0) is 40.5 Å². The Hall–Kier alpha value is -1.19. The third-order valence-corrected chi connectivity index (χ3v) is 3.70. The van der Waals surface area contributed by atoms with Crippen LogP contribution in [0.15, 0.2) is 53.0 Å². The number of hydrogen-bond acceptors (Lipinski definition) is 1. The van der Waals surface area contributed by atoms with Crippen LogP contribution in [-0.2, 0) is 6.42 Å². The first-order valence-electron chi connectivity index (χ1n) is 6.43. The average molecular weight is 322 g/mol. The van der Waals surface area contributed by atoms with E-state index in [1.54, 1.807) is 6.07 Å². The fourth-order valence-corrected chi connectivity index (χ4v) is 2.56. The number of nitrogens with one attached hydrogen (secondary N) is 1. The summed E-state index contributed by atoms with van der Waals surface area (Å²) < 4.78 is 14.7. The van der Waals surface area contributed by atoms with E-state index in [1.807, 2.05) is 37.3 Å². The summed E-state index contributed by atoms with van der Waals surface area (Å²) >= 11 is 3.25. The zero-order valence-corrected chi connectivity index (χ0v) is 12.5. The third-order valence-electron chi connectivity index (χ3n) is 3.09. The van der Waals surface area contributed by atoms with Gasteiger partial charge in [-0.2, -0.15) is 0 Å². The Labute approximate surface area is 122 Å². The van der Waals surface area contributed by atoms with Crippen molar-refractivity contribution in [3.63, 3.8) is 0 Å². The minimum absolute atomic E-state index is 0.00935. The molecule has 19 heavy (non-hydrogen) atoms. The van der Waals surface area contributed by atoms with E-state index in [9.17, 15) is 4.39 Å². The summed E-state index contributed by atoms with van der Waals surface area (Å²) in [4.78, 5) is 0. The van der Waals surface area contributed by atoms with Gasteiger partial charge in [-0.3, -0.25) is 0 Å². The lowest BCUT2D eigenvalue weighted by Gasteiger charge is -2.19. The van der Waals surface area contributed by atoms with Gasteiger partial charge in [-0.15, -0.1) is 0 Å². The molecule has 1 atom stereocenters. The van der Waals surface area contributed by atoms with Crippen molar-refractivity contribution in [2.24, 2.45) is 0 Å². The van der Waals surface area contributed by atoms with Crippen molar-refractivity contribution in [2.75, 3.05) is 6.54 Å². The predicted octanol–water partition coefficient (Wildman–Crippen LogP) is 4.48. The maximum absolute atomic E-state index is 14.2. The van der Waals surface area contributed by atoms with Crippen molar-refractivity contribution in [1.82, 2.24) is 5.32 Å². The molecule has 2 rings (SSSR count). The summed E-state index contributed by atoms with van der Waals surface area (Å²) in [6.07, 6.45) is 0.780. The van der Waals surface area contributed by atoms with Crippen molar-refractivity contribution in [1.29, 1.82) is 0 Å². The second-order valence-electron chi connectivity index (χ2n) is 4.44. The predicted molar refractivity (Wildman–Crippen MR) is 80.7 cm³/mol. The van der Waals surface area contributed by atoms with Gasteiger partial charge in [0.1, 0.15) is 5.82 Å². The van der Waals surface area contributed by atoms with Crippen LogP contribution in [-0.4, -0.2) is 6.54 Å². The molecular weight excluding hydrogens is 305 g/mol. The molecular formula is C16H17BrFN. The molecule has 2 aromatic carbocycles. The lowest BCUT2D eigenvalue weighted by molar-refractivity contribution is 0.507. The second kappa shape index (κ2) is 6.83. The molecule has 2 aromatic rings. The molecule has 0 aromatic heterocycles. The average Bonchev–Trinajstić information content (AvgIpc) is 2.43. The van der Waals surface area contributed by atoms with Gasteiger partial charge in [-0.1, -0.05) is 49.4 Å². The highest BCUT2D eigenvalue weighted by Crippen LogP contribution is 2.26. The summed E-state index contributed by atoms with van der Waals surface area (Å²) in [5, 5.41) is 3.35. The van der Waals surface area contributed by atoms with Crippen molar-refractivity contribution < 1.29 is 4.39 Å². The monoisotopic (exact) mass is 321 g/mol. The minimum Gasteiger partial charge on any atom is -0.310 e. The number of rotatable bonds is 5. The van der Waals surface area contributed by atoms with E-state index in [1.165, 1.54) is 5.56 Å². The van der Waals surface area contributed by atoms with Crippen LogP contribution in [0, 0.1) is 5.82 Å². The third kappa shape index (κ3) is 3.64. The van der Waals surface area contributed by atoms with Gasteiger partial charge < -0.3 is 5.32 Å². The van der Waals surface area contributed by atoms with Gasteiger partial charge in [0, 0.05) is 11.6 Å². The topological polar surface area (TPSA) is 12.0 Å². The Bertz CT molecular complexity index is 528. The van der Waals surface area contributed by atoms with E-state index in [0.717, 1.165) is 13.0 Å². The Morgan fingerprint density at radius 1 is 1.11 bits per heavy atom. The smallest absolute Gasteiger partial charge is 0.142 e. The maximum atomic E-state index is 14.2. The van der Waals surface area contributed by atoms with Gasteiger partial charge >= 0.3 is 0 Å². The maximum Gasteiger partial charge on any atom is 0.142 e. The number of hydrogen-bond donors (Lipinski definition) is 1. The van der Waals surface area contributed by atoms with E-state index < -0.39 is 0 Å². The first kappa shape index (κ1) is 14.2. The van der Waals surface area contributed by atoms with E-state index in [2.05, 4.69) is 33.4 Å². The molecule has 1 N–H and O–H groups in total. The molecule has 100 valence electrons. The molecule has 0 radical (unpaired) electrons. The van der Waals surface area contributed by atoms with E-state index in [4.69, 9.17) is 0 Å². The molecule has 0 fully saturated rings. The van der Waals surface area contributed by atoms with Gasteiger partial charge in [0.2, 0.25) is 0 Å². The summed E-state index contributed by atoms with van der Waals surface area (Å²) in [6.45, 7) is 2.84. The first-order valence-corrected chi connectivity index (χ1v) is 7.23. The minimum atomic E-state index is -0.176. The number of halogens is 2. The standard InChI is InChI=1S/C16H17BrFN/c1-2-19-15(11-12-7-4-3-5-8-12)13-9-6-10-14(17)16(13)18/h3-10,15,19H,2,11H2,1H3. The van der Waals surface area contributed by atoms with Crippen LogP contribution >= 0.6 is 15.9 Å². The summed E-state index contributed by atoms with van der Waals surface area (Å²) in [5.41, 5.74) is 1.91. The first-order chi connectivity index (χ1) is 9.22. The van der Waals surface area contributed by atoms with Gasteiger partial charge in [0.05, 0.1) is 4.47 Å². The molecule has 0 amide bonds. The normalized spacial score (nSPS) is 12.4. The SMILES string of the molecule is CCNC(Cc1ccccc1)c1cccc(Br)c1F. The highest BCUT2D eigenvalue weighted by molar-refractivity contribution is 9.10. The molecule has 0 saturated carbocycles. The van der Waals surface area contributed by atoms with E-state index in [0.29, 0.717) is 10.0 Å². The highest BCUT2D eigenvalue weighted by Gasteiger charge is 2.16. The van der Waals surface area contributed by atoms with Gasteiger partial charge in [-0.25, -0.2) is 4.39 Å². The number of benzene rings is 2. The van der Waals surface area contributed by atoms with Crippen LogP contribution in [0.4, 0.5) is 4.39 Å². The van der Waals surface area contributed by atoms with Crippen LogP contribution in [0.3, 0.4) is 0 Å². The summed E-state index contributed by atoms with van der Waals surface area (Å²) in [7, 11) is 0. The number of likely N-dealkylation sites (N-methyl/N-ethyl adjacent to an activating group) is 1. The van der Waals surface area contributed by atoms with Crippen molar-refractivity contribution in [3.05, 3.63) is 69.9 Å². The van der Waals surface area contributed by atoms with Crippen molar-refractivity contribution in [2.45, 2.75) is 19.4 Å². The fourth-order valence-electron chi connectivity index (χ4n) is 2.18. The Kier molecular flexibility index (Phi) is 5.11. The molecule has 0 heterocycles. The molecule has 0 aliphatic carbocycles. The van der Waals surface area contributed by atoms with Crippen molar-refractivity contribution in [3.8, 4) is 0 Å². The van der Waals surface area contributed by atoms with Crippen molar-refractivity contribution >= 4 is 15.9 Å². The Balaban J connectivity index is 2.27. The Morgan fingerprint density at radius 3 is 2.53 bits per heavy atom. The largest absolute Gasteiger partial charge is 0.310 e. The molecule has 0 spiro atoms. The zero-order valence-electron chi connectivity index (χ0n) is 10.9. The highest BCUT2D eigenvalue weighted by atomic mass is 79.9. The molecule has 1 nitrogen and oxygen atoms in total. The lowest BCUT2D eigenvalue weighted by Crippen LogP contribution is -2.24. The summed E-state index contributed by atoms with van der Waals surface area (Å²) in [6, 6.07) is 15.6. The Morgan fingerprint density at radius 2 is 1.84 bits per heavy atom. The molecule has 0 aliphatic heterocycles. The van der Waals surface area contributed by atoms with Crippen LogP contribution in [0.5, 0.6) is 0 Å². The van der Waals surface area contributed by atoms with Gasteiger partial charge in [0.15, 0.2) is 0 Å². The molecule has 3 heteroatoms.